The largest absolute Gasteiger partial charge is 0.492 e. The van der Waals surface area contributed by atoms with Crippen LogP contribution < -0.4 is 15.6 Å². The first kappa shape index (κ1) is 23.0. The Labute approximate surface area is 181 Å². The molecule has 0 radical (unpaired) electrons. The standard InChI is InChI=1S/C21H22F3N5O3/c1-13-11-14(2)28(26-13)18-7-8-19(30)29(27-18)15(3)20(31)25-9-10-32-17-6-4-5-16(12-17)21(22,23)24/h4-8,11-12,15H,9-10H2,1-3H3,(H,25,31). The lowest BCUT2D eigenvalue weighted by atomic mass is 10.2. The zero-order valence-corrected chi connectivity index (χ0v) is 17.7. The van der Waals surface area contributed by atoms with Gasteiger partial charge in [-0.2, -0.15) is 18.3 Å². The van der Waals surface area contributed by atoms with Gasteiger partial charge in [-0.25, -0.2) is 9.36 Å². The zero-order chi connectivity index (χ0) is 23.5. The fourth-order valence-corrected chi connectivity index (χ4v) is 3.03. The summed E-state index contributed by atoms with van der Waals surface area (Å²) in [5.74, 6) is -0.0573. The summed E-state index contributed by atoms with van der Waals surface area (Å²) in [7, 11) is 0. The van der Waals surface area contributed by atoms with Crippen molar-refractivity contribution in [1.29, 1.82) is 0 Å². The second-order valence-corrected chi connectivity index (χ2v) is 7.15. The average molecular weight is 449 g/mol. The molecule has 0 spiro atoms. The first-order valence-electron chi connectivity index (χ1n) is 9.77. The summed E-state index contributed by atoms with van der Waals surface area (Å²) in [4.78, 5) is 24.7. The molecular formula is C21H22F3N5O3. The van der Waals surface area contributed by atoms with Gasteiger partial charge in [0.1, 0.15) is 18.4 Å². The predicted molar refractivity (Wildman–Crippen MR) is 110 cm³/mol. The highest BCUT2D eigenvalue weighted by Gasteiger charge is 2.30. The van der Waals surface area contributed by atoms with E-state index in [1.54, 1.807) is 4.68 Å². The molecule has 1 amide bonds. The first-order chi connectivity index (χ1) is 15.1. The van der Waals surface area contributed by atoms with Gasteiger partial charge in [0.05, 0.1) is 17.8 Å². The molecule has 170 valence electrons. The van der Waals surface area contributed by atoms with Crippen molar-refractivity contribution in [3.05, 3.63) is 69.8 Å². The molecule has 0 bridgehead atoms. The molecule has 0 aliphatic carbocycles. The SMILES string of the molecule is Cc1cc(C)n(-c2ccc(=O)n(C(C)C(=O)NCCOc3cccc(C(F)(F)F)c3)n2)n1. The molecule has 0 fully saturated rings. The number of amides is 1. The second-order valence-electron chi connectivity index (χ2n) is 7.15. The molecule has 2 aromatic heterocycles. The lowest BCUT2D eigenvalue weighted by Gasteiger charge is -2.15. The molecule has 3 aromatic rings. The van der Waals surface area contributed by atoms with Gasteiger partial charge in [-0.05, 0) is 51.1 Å². The van der Waals surface area contributed by atoms with Gasteiger partial charge in [-0.3, -0.25) is 9.59 Å². The summed E-state index contributed by atoms with van der Waals surface area (Å²) in [6.07, 6.45) is -4.47. The van der Waals surface area contributed by atoms with Gasteiger partial charge in [0.15, 0.2) is 5.82 Å². The molecule has 3 rings (SSSR count). The molecule has 1 aromatic carbocycles. The van der Waals surface area contributed by atoms with Crippen molar-refractivity contribution in [1.82, 2.24) is 24.9 Å². The van der Waals surface area contributed by atoms with Crippen molar-refractivity contribution in [2.24, 2.45) is 0 Å². The summed E-state index contributed by atoms with van der Waals surface area (Å²) >= 11 is 0. The number of hydrogen-bond donors (Lipinski definition) is 1. The number of aromatic nitrogens is 4. The van der Waals surface area contributed by atoms with Crippen LogP contribution >= 0.6 is 0 Å². The lowest BCUT2D eigenvalue weighted by molar-refractivity contribution is -0.137. The molecule has 0 saturated heterocycles. The Hall–Kier alpha value is -3.63. The number of halogens is 3. The summed E-state index contributed by atoms with van der Waals surface area (Å²) in [6.45, 7) is 5.18. The van der Waals surface area contributed by atoms with E-state index in [2.05, 4.69) is 15.5 Å². The highest BCUT2D eigenvalue weighted by Crippen LogP contribution is 2.31. The first-order valence-corrected chi connectivity index (χ1v) is 9.77. The van der Waals surface area contributed by atoms with E-state index in [-0.39, 0.29) is 18.9 Å². The van der Waals surface area contributed by atoms with Crippen molar-refractivity contribution in [3.8, 4) is 11.6 Å². The minimum atomic E-state index is -4.47. The van der Waals surface area contributed by atoms with Gasteiger partial charge < -0.3 is 10.1 Å². The highest BCUT2D eigenvalue weighted by molar-refractivity contribution is 5.79. The van der Waals surface area contributed by atoms with E-state index in [1.165, 1.54) is 31.2 Å². The van der Waals surface area contributed by atoms with Gasteiger partial charge in [0, 0.05) is 11.8 Å². The Morgan fingerprint density at radius 1 is 1.16 bits per heavy atom. The number of nitrogens with one attached hydrogen (secondary N) is 1. The van der Waals surface area contributed by atoms with Crippen LogP contribution in [-0.2, 0) is 11.0 Å². The fourth-order valence-electron chi connectivity index (χ4n) is 3.03. The molecule has 32 heavy (non-hydrogen) atoms. The molecule has 1 N–H and O–H groups in total. The smallest absolute Gasteiger partial charge is 0.416 e. The number of hydrogen-bond acceptors (Lipinski definition) is 5. The topological polar surface area (TPSA) is 91.0 Å². The summed E-state index contributed by atoms with van der Waals surface area (Å²) < 4.78 is 46.2. The second kappa shape index (κ2) is 9.25. The number of ether oxygens (including phenoxy) is 1. The van der Waals surface area contributed by atoms with E-state index in [9.17, 15) is 22.8 Å². The molecule has 0 aliphatic heterocycles. The number of benzene rings is 1. The Bertz CT molecular complexity index is 1170. The number of nitrogens with zero attached hydrogens (tertiary/aromatic N) is 4. The van der Waals surface area contributed by atoms with Crippen LogP contribution in [0.5, 0.6) is 5.75 Å². The van der Waals surface area contributed by atoms with E-state index >= 15 is 0 Å². The Morgan fingerprint density at radius 2 is 1.91 bits per heavy atom. The monoisotopic (exact) mass is 449 g/mol. The van der Waals surface area contributed by atoms with Crippen LogP contribution in [0.3, 0.4) is 0 Å². The number of aryl methyl sites for hydroxylation is 2. The van der Waals surface area contributed by atoms with Crippen molar-refractivity contribution < 1.29 is 22.7 Å². The Kier molecular flexibility index (Phi) is 6.66. The highest BCUT2D eigenvalue weighted by atomic mass is 19.4. The van der Waals surface area contributed by atoms with E-state index in [0.717, 1.165) is 28.2 Å². The van der Waals surface area contributed by atoms with Crippen LogP contribution in [0.4, 0.5) is 13.2 Å². The molecular weight excluding hydrogens is 427 g/mol. The zero-order valence-electron chi connectivity index (χ0n) is 17.7. The normalized spacial score (nSPS) is 12.4. The third-order valence-corrected chi connectivity index (χ3v) is 4.62. The van der Waals surface area contributed by atoms with Crippen LogP contribution in [0.1, 0.15) is 29.9 Å². The quantitative estimate of drug-likeness (QED) is 0.560. The van der Waals surface area contributed by atoms with E-state index in [1.807, 2.05) is 19.9 Å². The number of alkyl halides is 3. The third-order valence-electron chi connectivity index (χ3n) is 4.62. The van der Waals surface area contributed by atoms with Gasteiger partial charge in [0.2, 0.25) is 5.91 Å². The Morgan fingerprint density at radius 3 is 2.56 bits per heavy atom. The van der Waals surface area contributed by atoms with Crippen LogP contribution in [0, 0.1) is 13.8 Å². The lowest BCUT2D eigenvalue weighted by Crippen LogP contribution is -2.38. The number of carbonyl (C=O) groups excluding carboxylic acids is 1. The number of rotatable bonds is 7. The molecule has 1 unspecified atom stereocenters. The minimum Gasteiger partial charge on any atom is -0.492 e. The molecule has 0 saturated carbocycles. The molecule has 11 heteroatoms. The molecule has 2 heterocycles. The Balaban J connectivity index is 1.61. The van der Waals surface area contributed by atoms with E-state index in [0.29, 0.717) is 5.82 Å². The minimum absolute atomic E-state index is 0.0331. The maximum atomic E-state index is 12.8. The van der Waals surface area contributed by atoms with Crippen LogP contribution in [0.15, 0.2) is 47.3 Å². The van der Waals surface area contributed by atoms with E-state index < -0.39 is 29.2 Å². The fraction of sp³-hybridized carbons (Fsp3) is 0.333. The van der Waals surface area contributed by atoms with Crippen LogP contribution in [0.2, 0.25) is 0 Å². The van der Waals surface area contributed by atoms with E-state index in [4.69, 9.17) is 4.74 Å². The van der Waals surface area contributed by atoms with Gasteiger partial charge in [0.25, 0.3) is 5.56 Å². The van der Waals surface area contributed by atoms with Crippen molar-refractivity contribution in [2.45, 2.75) is 33.0 Å². The van der Waals surface area contributed by atoms with Crippen LogP contribution in [0.25, 0.3) is 5.82 Å². The maximum Gasteiger partial charge on any atom is 0.416 e. The van der Waals surface area contributed by atoms with Crippen LogP contribution in [-0.4, -0.2) is 38.6 Å². The summed E-state index contributed by atoms with van der Waals surface area (Å²) in [5, 5.41) is 11.2. The van der Waals surface area contributed by atoms with Crippen molar-refractivity contribution in [2.75, 3.05) is 13.2 Å². The maximum absolute atomic E-state index is 12.8. The number of carbonyl (C=O) groups is 1. The predicted octanol–water partition coefficient (Wildman–Crippen LogP) is 2.82. The summed E-state index contributed by atoms with van der Waals surface area (Å²) in [6, 6.07) is 8.23. The summed E-state index contributed by atoms with van der Waals surface area (Å²) in [5.41, 5.74) is 0.330. The molecule has 8 nitrogen and oxygen atoms in total. The van der Waals surface area contributed by atoms with Crippen molar-refractivity contribution >= 4 is 5.91 Å². The molecule has 1 atom stereocenters. The van der Waals surface area contributed by atoms with Crippen molar-refractivity contribution in [3.63, 3.8) is 0 Å². The average Bonchev–Trinajstić information content (AvgIpc) is 3.08. The van der Waals surface area contributed by atoms with Gasteiger partial charge in [-0.1, -0.05) is 6.07 Å². The molecule has 0 aliphatic rings. The third kappa shape index (κ3) is 5.34. The van der Waals surface area contributed by atoms with Gasteiger partial charge >= 0.3 is 6.18 Å². The van der Waals surface area contributed by atoms with Gasteiger partial charge in [-0.15, -0.1) is 5.10 Å².